The number of benzene rings is 2. The Labute approximate surface area is 116 Å². The van der Waals surface area contributed by atoms with Gasteiger partial charge in [0, 0.05) is 17.7 Å². The molecule has 1 heterocycles. The molecule has 0 aliphatic rings. The predicted molar refractivity (Wildman–Crippen MR) is 68.3 cm³/mol. The molecule has 0 bridgehead atoms. The number of hydrogen-bond acceptors (Lipinski definition) is 3. The molecule has 0 spiro atoms. The molecule has 3 rings (SSSR count). The summed E-state index contributed by atoms with van der Waals surface area (Å²) in [6.45, 7) is 0. The van der Waals surface area contributed by atoms with Crippen LogP contribution in [0.2, 0.25) is 0 Å². The summed E-state index contributed by atoms with van der Waals surface area (Å²) in [6.07, 6.45) is 0. The van der Waals surface area contributed by atoms with E-state index in [1.165, 1.54) is 12.1 Å². The fourth-order valence-electron chi connectivity index (χ4n) is 1.87. The molecule has 1 N–H and O–H groups in total. The molecule has 0 unspecified atom stereocenters. The Kier molecular flexibility index (Phi) is 3.09. The van der Waals surface area contributed by atoms with Crippen LogP contribution in [0.15, 0.2) is 40.9 Å². The second kappa shape index (κ2) is 4.93. The van der Waals surface area contributed by atoms with E-state index in [1.807, 2.05) is 0 Å². The summed E-state index contributed by atoms with van der Waals surface area (Å²) in [5.74, 6) is -2.96. The van der Waals surface area contributed by atoms with Crippen molar-refractivity contribution in [3.63, 3.8) is 0 Å². The lowest BCUT2D eigenvalue weighted by atomic mass is 10.2. The van der Waals surface area contributed by atoms with Gasteiger partial charge in [0.1, 0.15) is 17.5 Å². The summed E-state index contributed by atoms with van der Waals surface area (Å²) in [6, 6.07) is 6.10. The van der Waals surface area contributed by atoms with E-state index in [-0.39, 0.29) is 17.0 Å². The monoisotopic (exact) mass is 292 g/mol. The fraction of sp³-hybridized carbons (Fsp3) is 0. The van der Waals surface area contributed by atoms with E-state index in [4.69, 9.17) is 4.52 Å². The topological polar surface area (TPSA) is 55.1 Å². The zero-order chi connectivity index (χ0) is 15.0. The van der Waals surface area contributed by atoms with Crippen LogP contribution in [0.1, 0.15) is 10.4 Å². The number of nitrogens with one attached hydrogen (secondary N) is 1. The average molecular weight is 292 g/mol. The minimum Gasteiger partial charge on any atom is -0.354 e. The standard InChI is InChI=1S/C14H7F3N2O2/c15-8-1-2-11-12(6-8)21-19-13(11)18-14(20)7-3-9(16)5-10(17)4-7/h1-6H,(H,18,19,20). The van der Waals surface area contributed by atoms with Crippen molar-refractivity contribution in [2.24, 2.45) is 0 Å². The molecule has 3 aromatic rings. The number of anilines is 1. The van der Waals surface area contributed by atoms with Crippen LogP contribution >= 0.6 is 0 Å². The zero-order valence-electron chi connectivity index (χ0n) is 10.4. The number of carbonyl (C=O) groups excluding carboxylic acids is 1. The van der Waals surface area contributed by atoms with Crippen molar-refractivity contribution in [1.82, 2.24) is 5.16 Å². The van der Waals surface area contributed by atoms with Crippen molar-refractivity contribution in [2.75, 3.05) is 5.32 Å². The van der Waals surface area contributed by atoms with Gasteiger partial charge in [-0.2, -0.15) is 0 Å². The second-order valence-electron chi connectivity index (χ2n) is 4.28. The number of halogens is 3. The van der Waals surface area contributed by atoms with Gasteiger partial charge in [-0.15, -0.1) is 0 Å². The molecular formula is C14H7F3N2O2. The van der Waals surface area contributed by atoms with Crippen molar-refractivity contribution in [1.29, 1.82) is 0 Å². The molecule has 0 saturated carbocycles. The maximum absolute atomic E-state index is 13.1. The normalized spacial score (nSPS) is 10.8. The molecule has 0 radical (unpaired) electrons. The summed E-state index contributed by atoms with van der Waals surface area (Å²) in [5.41, 5.74) is -0.0542. The molecule has 0 atom stereocenters. The third kappa shape index (κ3) is 2.58. The molecule has 106 valence electrons. The van der Waals surface area contributed by atoms with Crippen LogP contribution in [0.25, 0.3) is 11.0 Å². The number of carbonyl (C=O) groups is 1. The number of rotatable bonds is 2. The lowest BCUT2D eigenvalue weighted by Gasteiger charge is -2.02. The first-order valence-corrected chi connectivity index (χ1v) is 5.85. The van der Waals surface area contributed by atoms with E-state index in [0.29, 0.717) is 11.5 Å². The van der Waals surface area contributed by atoms with Gasteiger partial charge < -0.3 is 9.84 Å². The molecule has 1 amide bonds. The summed E-state index contributed by atoms with van der Waals surface area (Å²) in [5, 5.41) is 6.32. The van der Waals surface area contributed by atoms with E-state index in [2.05, 4.69) is 10.5 Å². The minimum atomic E-state index is -0.868. The lowest BCUT2D eigenvalue weighted by Crippen LogP contribution is -2.13. The molecule has 0 saturated heterocycles. The Hall–Kier alpha value is -2.83. The van der Waals surface area contributed by atoms with Crippen LogP contribution in [0.4, 0.5) is 19.0 Å². The van der Waals surface area contributed by atoms with Gasteiger partial charge >= 0.3 is 0 Å². The first-order chi connectivity index (χ1) is 10.0. The van der Waals surface area contributed by atoms with Crippen LogP contribution < -0.4 is 5.32 Å². The molecule has 7 heteroatoms. The van der Waals surface area contributed by atoms with Crippen molar-refractivity contribution in [3.05, 3.63) is 59.4 Å². The fourth-order valence-corrected chi connectivity index (χ4v) is 1.87. The van der Waals surface area contributed by atoms with Gasteiger partial charge in [0.05, 0.1) is 5.39 Å². The Bertz CT molecular complexity index is 825. The van der Waals surface area contributed by atoms with Gasteiger partial charge in [0.25, 0.3) is 5.91 Å². The van der Waals surface area contributed by atoms with Crippen LogP contribution in [0.5, 0.6) is 0 Å². The third-order valence-electron chi connectivity index (χ3n) is 2.79. The first-order valence-electron chi connectivity index (χ1n) is 5.85. The van der Waals surface area contributed by atoms with Crippen molar-refractivity contribution in [3.8, 4) is 0 Å². The van der Waals surface area contributed by atoms with Gasteiger partial charge in [-0.3, -0.25) is 4.79 Å². The van der Waals surface area contributed by atoms with Gasteiger partial charge in [0.15, 0.2) is 11.4 Å². The number of nitrogens with zero attached hydrogens (tertiary/aromatic N) is 1. The zero-order valence-corrected chi connectivity index (χ0v) is 10.4. The molecule has 21 heavy (non-hydrogen) atoms. The second-order valence-corrected chi connectivity index (χ2v) is 4.28. The molecule has 0 aliphatic heterocycles. The summed E-state index contributed by atoms with van der Waals surface area (Å²) < 4.78 is 44.0. The number of hydrogen-bond donors (Lipinski definition) is 1. The number of amides is 1. The molecular weight excluding hydrogens is 285 g/mol. The maximum atomic E-state index is 13.1. The van der Waals surface area contributed by atoms with Gasteiger partial charge in [0.2, 0.25) is 0 Å². The highest BCUT2D eigenvalue weighted by Gasteiger charge is 2.14. The smallest absolute Gasteiger partial charge is 0.257 e. The highest BCUT2D eigenvalue weighted by atomic mass is 19.1. The van der Waals surface area contributed by atoms with Crippen LogP contribution in [0, 0.1) is 17.5 Å². The Balaban J connectivity index is 1.92. The largest absolute Gasteiger partial charge is 0.354 e. The average Bonchev–Trinajstić information content (AvgIpc) is 2.80. The number of aromatic nitrogens is 1. The van der Waals surface area contributed by atoms with E-state index in [1.54, 1.807) is 0 Å². The van der Waals surface area contributed by atoms with Crippen molar-refractivity contribution < 1.29 is 22.5 Å². The van der Waals surface area contributed by atoms with E-state index >= 15 is 0 Å². The summed E-state index contributed by atoms with van der Waals surface area (Å²) in [4.78, 5) is 11.9. The Morgan fingerprint density at radius 2 is 1.71 bits per heavy atom. The summed E-state index contributed by atoms with van der Waals surface area (Å²) in [7, 11) is 0. The number of fused-ring (bicyclic) bond motifs is 1. The summed E-state index contributed by atoms with van der Waals surface area (Å²) >= 11 is 0. The van der Waals surface area contributed by atoms with Gasteiger partial charge in [-0.1, -0.05) is 5.16 Å². The minimum absolute atomic E-state index is 0.0414. The quantitative estimate of drug-likeness (QED) is 0.786. The molecule has 0 aliphatic carbocycles. The van der Waals surface area contributed by atoms with Crippen LogP contribution in [0.3, 0.4) is 0 Å². The maximum Gasteiger partial charge on any atom is 0.257 e. The van der Waals surface area contributed by atoms with Crippen LogP contribution in [-0.4, -0.2) is 11.1 Å². The Morgan fingerprint density at radius 1 is 1.00 bits per heavy atom. The molecule has 0 fully saturated rings. The Morgan fingerprint density at radius 3 is 2.43 bits per heavy atom. The van der Waals surface area contributed by atoms with Crippen molar-refractivity contribution >= 4 is 22.7 Å². The van der Waals surface area contributed by atoms with Gasteiger partial charge in [-0.05, 0) is 24.3 Å². The van der Waals surface area contributed by atoms with Gasteiger partial charge in [-0.25, -0.2) is 13.2 Å². The lowest BCUT2D eigenvalue weighted by molar-refractivity contribution is 0.102. The first kappa shape index (κ1) is 13.2. The van der Waals surface area contributed by atoms with E-state index in [9.17, 15) is 18.0 Å². The van der Waals surface area contributed by atoms with E-state index < -0.39 is 23.4 Å². The van der Waals surface area contributed by atoms with Crippen molar-refractivity contribution in [2.45, 2.75) is 0 Å². The highest BCUT2D eigenvalue weighted by molar-refractivity contribution is 6.07. The van der Waals surface area contributed by atoms with E-state index in [0.717, 1.165) is 18.2 Å². The predicted octanol–water partition coefficient (Wildman–Crippen LogP) is 3.50. The third-order valence-corrected chi connectivity index (χ3v) is 2.79. The van der Waals surface area contributed by atoms with Crippen LogP contribution in [-0.2, 0) is 0 Å². The molecule has 1 aromatic heterocycles. The highest BCUT2D eigenvalue weighted by Crippen LogP contribution is 2.24. The molecule has 2 aromatic carbocycles. The molecule has 4 nitrogen and oxygen atoms in total. The SMILES string of the molecule is O=C(Nc1noc2cc(F)ccc12)c1cc(F)cc(F)c1.